The first-order valence-corrected chi connectivity index (χ1v) is 5.42. The lowest BCUT2D eigenvalue weighted by Gasteiger charge is -2.38. The first-order chi connectivity index (χ1) is 7.03. The lowest BCUT2D eigenvalue weighted by molar-refractivity contribution is -0.180. The van der Waals surface area contributed by atoms with Crippen LogP contribution in [0.4, 0.5) is 0 Å². The minimum Gasteiger partial charge on any atom is -0.467 e. The first kappa shape index (κ1) is 12.5. The molecule has 1 aliphatic rings. The van der Waals surface area contributed by atoms with Gasteiger partial charge in [-0.05, 0) is 18.8 Å². The Balaban J connectivity index is 2.83. The van der Waals surface area contributed by atoms with Gasteiger partial charge in [0.2, 0.25) is 0 Å². The summed E-state index contributed by atoms with van der Waals surface area (Å²) in [6, 6.07) is 0. The predicted molar refractivity (Wildman–Crippen MR) is 55.3 cm³/mol. The van der Waals surface area contributed by atoms with Gasteiger partial charge >= 0.3 is 5.97 Å². The molecule has 1 N–H and O–H groups in total. The zero-order chi connectivity index (χ0) is 11.5. The van der Waals surface area contributed by atoms with Gasteiger partial charge in [-0.2, -0.15) is 0 Å². The Morgan fingerprint density at radius 3 is 2.40 bits per heavy atom. The number of carbonyl (C=O) groups excluding carboxylic acids is 1. The molecule has 1 aliphatic heterocycles. The number of ether oxygens (including phenoxy) is 2. The van der Waals surface area contributed by atoms with E-state index in [9.17, 15) is 9.90 Å². The Hall–Kier alpha value is -0.610. The van der Waals surface area contributed by atoms with Crippen molar-refractivity contribution in [3.05, 3.63) is 0 Å². The van der Waals surface area contributed by atoms with E-state index in [4.69, 9.17) is 9.47 Å². The molecule has 0 radical (unpaired) electrons. The lowest BCUT2D eigenvalue weighted by Crippen LogP contribution is -2.52. The summed E-state index contributed by atoms with van der Waals surface area (Å²) in [5, 5.41) is 10.5. The molecule has 1 saturated heterocycles. The number of methoxy groups -OCH3 is 1. The second-order valence-corrected chi connectivity index (χ2v) is 4.36. The monoisotopic (exact) mass is 216 g/mol. The molecule has 1 rings (SSSR count). The van der Waals surface area contributed by atoms with Crippen LogP contribution in [0.25, 0.3) is 0 Å². The second kappa shape index (κ2) is 4.94. The van der Waals surface area contributed by atoms with E-state index >= 15 is 0 Å². The molecule has 4 nitrogen and oxygen atoms in total. The average Bonchev–Trinajstić information content (AvgIpc) is 2.27. The summed E-state index contributed by atoms with van der Waals surface area (Å²) >= 11 is 0. The van der Waals surface area contributed by atoms with Crippen LogP contribution in [0.3, 0.4) is 0 Å². The van der Waals surface area contributed by atoms with Crippen LogP contribution in [0.15, 0.2) is 0 Å². The highest BCUT2D eigenvalue weighted by Gasteiger charge is 2.47. The van der Waals surface area contributed by atoms with Crippen LogP contribution in [0.2, 0.25) is 0 Å². The minimum atomic E-state index is -1.36. The van der Waals surface area contributed by atoms with Crippen molar-refractivity contribution >= 4 is 5.97 Å². The second-order valence-electron chi connectivity index (χ2n) is 4.36. The maximum absolute atomic E-state index is 11.7. The number of hydrogen-bond donors (Lipinski definition) is 1. The first-order valence-electron chi connectivity index (χ1n) is 5.42. The molecular formula is C11H20O4. The number of carbonyl (C=O) groups is 1. The van der Waals surface area contributed by atoms with Gasteiger partial charge in [0, 0.05) is 19.1 Å². The van der Waals surface area contributed by atoms with E-state index in [1.165, 1.54) is 7.11 Å². The quantitative estimate of drug-likeness (QED) is 0.714. The van der Waals surface area contributed by atoms with Gasteiger partial charge in [-0.3, -0.25) is 0 Å². The summed E-state index contributed by atoms with van der Waals surface area (Å²) < 4.78 is 9.92. The van der Waals surface area contributed by atoms with Crippen molar-refractivity contribution in [2.45, 2.75) is 32.3 Å². The molecule has 4 heteroatoms. The van der Waals surface area contributed by atoms with Crippen LogP contribution in [0, 0.1) is 11.8 Å². The maximum atomic E-state index is 11.7. The summed E-state index contributed by atoms with van der Waals surface area (Å²) in [5.74, 6) is -0.726. The SMILES string of the molecule is COC(=O)C(O)(C(C)C)C1CCOCC1. The minimum absolute atomic E-state index is 0.0568. The molecule has 0 aromatic heterocycles. The molecule has 1 heterocycles. The van der Waals surface area contributed by atoms with Crippen molar-refractivity contribution in [2.24, 2.45) is 11.8 Å². The van der Waals surface area contributed by atoms with Crippen LogP contribution in [-0.2, 0) is 14.3 Å². The fourth-order valence-electron chi connectivity index (χ4n) is 2.17. The summed E-state index contributed by atoms with van der Waals surface area (Å²) in [4.78, 5) is 11.7. The molecule has 0 aromatic rings. The molecule has 1 fully saturated rings. The molecule has 0 aromatic carbocycles. The van der Waals surface area contributed by atoms with Crippen molar-refractivity contribution in [3.8, 4) is 0 Å². The highest BCUT2D eigenvalue weighted by Crippen LogP contribution is 2.34. The van der Waals surface area contributed by atoms with E-state index in [2.05, 4.69) is 0 Å². The molecule has 0 bridgehead atoms. The summed E-state index contributed by atoms with van der Waals surface area (Å²) in [6.07, 6.45) is 1.42. The lowest BCUT2D eigenvalue weighted by atomic mass is 9.75. The Morgan fingerprint density at radius 2 is 2.00 bits per heavy atom. The molecule has 88 valence electrons. The molecule has 1 unspecified atom stereocenters. The number of esters is 1. The largest absolute Gasteiger partial charge is 0.467 e. The zero-order valence-corrected chi connectivity index (χ0v) is 9.66. The van der Waals surface area contributed by atoms with E-state index in [0.717, 1.165) is 0 Å². The Morgan fingerprint density at radius 1 is 1.47 bits per heavy atom. The van der Waals surface area contributed by atoms with Crippen molar-refractivity contribution in [3.63, 3.8) is 0 Å². The fraction of sp³-hybridized carbons (Fsp3) is 0.909. The van der Waals surface area contributed by atoms with Crippen LogP contribution >= 0.6 is 0 Å². The topological polar surface area (TPSA) is 55.8 Å². The molecule has 0 aliphatic carbocycles. The van der Waals surface area contributed by atoms with Crippen molar-refractivity contribution in [2.75, 3.05) is 20.3 Å². The van der Waals surface area contributed by atoms with Gasteiger partial charge in [0.1, 0.15) is 0 Å². The Kier molecular flexibility index (Phi) is 4.11. The normalized spacial score (nSPS) is 22.5. The van der Waals surface area contributed by atoms with Crippen molar-refractivity contribution < 1.29 is 19.4 Å². The van der Waals surface area contributed by atoms with Gasteiger partial charge in [-0.15, -0.1) is 0 Å². The van der Waals surface area contributed by atoms with Crippen molar-refractivity contribution in [1.82, 2.24) is 0 Å². The van der Waals surface area contributed by atoms with Gasteiger partial charge in [0.15, 0.2) is 5.60 Å². The average molecular weight is 216 g/mol. The summed E-state index contributed by atoms with van der Waals surface area (Å²) in [7, 11) is 1.31. The predicted octanol–water partition coefficient (Wildman–Crippen LogP) is 0.973. The maximum Gasteiger partial charge on any atom is 0.338 e. The van der Waals surface area contributed by atoms with Gasteiger partial charge in [0.05, 0.1) is 7.11 Å². The summed E-state index contributed by atoms with van der Waals surface area (Å²) in [6.45, 7) is 4.89. The van der Waals surface area contributed by atoms with E-state index in [0.29, 0.717) is 26.1 Å². The van der Waals surface area contributed by atoms with Crippen molar-refractivity contribution in [1.29, 1.82) is 0 Å². The third kappa shape index (κ3) is 2.32. The van der Waals surface area contributed by atoms with Crippen LogP contribution in [-0.4, -0.2) is 37.0 Å². The van der Waals surface area contributed by atoms with E-state index < -0.39 is 11.6 Å². The molecule has 0 saturated carbocycles. The molecular weight excluding hydrogens is 196 g/mol. The Bertz CT molecular complexity index is 221. The van der Waals surface area contributed by atoms with E-state index in [1.54, 1.807) is 0 Å². The smallest absolute Gasteiger partial charge is 0.338 e. The number of rotatable bonds is 3. The number of aliphatic hydroxyl groups is 1. The third-order valence-electron chi connectivity index (χ3n) is 3.24. The van der Waals surface area contributed by atoms with Gasteiger partial charge < -0.3 is 14.6 Å². The van der Waals surface area contributed by atoms with Crippen LogP contribution in [0.5, 0.6) is 0 Å². The molecule has 1 atom stereocenters. The molecule has 15 heavy (non-hydrogen) atoms. The molecule has 0 amide bonds. The van der Waals surface area contributed by atoms with Crippen LogP contribution in [0.1, 0.15) is 26.7 Å². The highest BCUT2D eigenvalue weighted by atomic mass is 16.5. The number of hydrogen-bond acceptors (Lipinski definition) is 4. The van der Waals surface area contributed by atoms with Gasteiger partial charge in [-0.25, -0.2) is 4.79 Å². The fourth-order valence-corrected chi connectivity index (χ4v) is 2.17. The van der Waals surface area contributed by atoms with Gasteiger partial charge in [0.25, 0.3) is 0 Å². The third-order valence-corrected chi connectivity index (χ3v) is 3.24. The van der Waals surface area contributed by atoms with E-state index in [-0.39, 0.29) is 11.8 Å². The zero-order valence-electron chi connectivity index (χ0n) is 9.66. The summed E-state index contributed by atoms with van der Waals surface area (Å²) in [5.41, 5.74) is -1.36. The standard InChI is InChI=1S/C11H20O4/c1-8(2)11(13,10(12)14-3)9-4-6-15-7-5-9/h8-9,13H,4-7H2,1-3H3. The van der Waals surface area contributed by atoms with E-state index in [1.807, 2.05) is 13.8 Å². The van der Waals surface area contributed by atoms with Gasteiger partial charge in [-0.1, -0.05) is 13.8 Å². The Labute approximate surface area is 90.6 Å². The molecule has 0 spiro atoms. The van der Waals surface area contributed by atoms with Crippen LogP contribution < -0.4 is 0 Å². The highest BCUT2D eigenvalue weighted by molar-refractivity contribution is 5.80.